The number of amides is 1. The number of para-hydroxylation sites is 1. The Hall–Kier alpha value is -4.26. The number of nitrogens with zero attached hydrogens (tertiary/aromatic N) is 3. The first-order valence-electron chi connectivity index (χ1n) is 9.88. The molecule has 1 aromatic heterocycles. The van der Waals surface area contributed by atoms with Gasteiger partial charge in [-0.1, -0.05) is 42.5 Å². The van der Waals surface area contributed by atoms with Crippen molar-refractivity contribution in [2.75, 3.05) is 5.32 Å². The van der Waals surface area contributed by atoms with Gasteiger partial charge in [-0.05, 0) is 23.3 Å². The van der Waals surface area contributed by atoms with Crippen LogP contribution >= 0.6 is 0 Å². The van der Waals surface area contributed by atoms with Crippen molar-refractivity contribution >= 4 is 17.4 Å². The van der Waals surface area contributed by atoms with Gasteiger partial charge in [-0.15, -0.1) is 0 Å². The van der Waals surface area contributed by atoms with E-state index >= 15 is 0 Å². The minimum Gasteiger partial charge on any atom is -0.508 e. The van der Waals surface area contributed by atoms with Crippen LogP contribution in [0.5, 0.6) is 11.5 Å². The van der Waals surface area contributed by atoms with Gasteiger partial charge >= 0.3 is 0 Å². The van der Waals surface area contributed by atoms with E-state index in [1.807, 2.05) is 54.6 Å². The molecule has 31 heavy (non-hydrogen) atoms. The zero-order valence-corrected chi connectivity index (χ0v) is 16.6. The molecule has 7 nitrogen and oxygen atoms in total. The lowest BCUT2D eigenvalue weighted by Crippen LogP contribution is -2.26. The van der Waals surface area contributed by atoms with Gasteiger partial charge in [0.25, 0.3) is 5.91 Å². The molecule has 3 N–H and O–H groups in total. The largest absolute Gasteiger partial charge is 0.508 e. The van der Waals surface area contributed by atoms with Crippen molar-refractivity contribution in [1.82, 2.24) is 14.7 Å². The number of nitrogens with one attached hydrogen (secondary N) is 1. The average molecular weight is 412 g/mol. The van der Waals surface area contributed by atoms with Crippen molar-refractivity contribution in [3.05, 3.63) is 95.7 Å². The number of rotatable bonds is 4. The van der Waals surface area contributed by atoms with Crippen LogP contribution < -0.4 is 5.32 Å². The third kappa shape index (κ3) is 3.46. The molecule has 0 aliphatic carbocycles. The number of phenols is 2. The van der Waals surface area contributed by atoms with Gasteiger partial charge in [0.05, 0.1) is 17.6 Å². The molecular weight excluding hydrogens is 392 g/mol. The van der Waals surface area contributed by atoms with Gasteiger partial charge in [0.2, 0.25) is 0 Å². The van der Waals surface area contributed by atoms with Crippen LogP contribution in [-0.4, -0.2) is 30.8 Å². The van der Waals surface area contributed by atoms with E-state index in [2.05, 4.69) is 10.4 Å². The molecule has 0 fully saturated rings. The number of phenolic OH excluding ortho intramolecular Hbond substituents is 2. The summed E-state index contributed by atoms with van der Waals surface area (Å²) in [5, 5.41) is 28.1. The molecule has 0 saturated carbocycles. The second-order valence-corrected chi connectivity index (χ2v) is 7.41. The van der Waals surface area contributed by atoms with Crippen LogP contribution in [0.3, 0.4) is 0 Å². The van der Waals surface area contributed by atoms with Crippen LogP contribution in [0.1, 0.15) is 21.5 Å². The Bertz CT molecular complexity index is 1240. The fourth-order valence-corrected chi connectivity index (χ4v) is 3.88. The molecule has 7 heteroatoms. The Labute approximate surface area is 178 Å². The Morgan fingerprint density at radius 3 is 2.29 bits per heavy atom. The van der Waals surface area contributed by atoms with Crippen molar-refractivity contribution in [3.63, 3.8) is 0 Å². The third-order valence-corrected chi connectivity index (χ3v) is 5.35. The molecule has 0 radical (unpaired) electrons. The van der Waals surface area contributed by atoms with E-state index in [-0.39, 0.29) is 23.0 Å². The summed E-state index contributed by atoms with van der Waals surface area (Å²) in [4.78, 5) is 15.1. The van der Waals surface area contributed by atoms with Gasteiger partial charge < -0.3 is 20.4 Å². The summed E-state index contributed by atoms with van der Waals surface area (Å²) < 4.78 is 1.68. The Kier molecular flexibility index (Phi) is 4.55. The van der Waals surface area contributed by atoms with Crippen LogP contribution in [-0.2, 0) is 13.1 Å². The molecule has 2 heterocycles. The first-order valence-corrected chi connectivity index (χ1v) is 9.88. The minimum absolute atomic E-state index is 0.103. The number of aromatic hydroxyl groups is 2. The molecule has 1 aliphatic heterocycles. The van der Waals surface area contributed by atoms with E-state index in [4.69, 9.17) is 0 Å². The summed E-state index contributed by atoms with van der Waals surface area (Å²) in [5.41, 5.74) is 3.42. The van der Waals surface area contributed by atoms with Crippen LogP contribution in [0.15, 0.2) is 79.0 Å². The predicted molar refractivity (Wildman–Crippen MR) is 117 cm³/mol. The number of hydrogen-bond donors (Lipinski definition) is 3. The predicted octanol–water partition coefficient (Wildman–Crippen LogP) is 4.18. The van der Waals surface area contributed by atoms with Gasteiger partial charge in [-0.2, -0.15) is 5.10 Å². The number of aromatic nitrogens is 2. The highest BCUT2D eigenvalue weighted by Crippen LogP contribution is 2.36. The standard InChI is InChI=1S/C24H20N4O3/c29-19-12-20(26-22-10-11-25-28(22)18-8-2-1-3-9-18)23(21(30)13-19)24(31)27-14-16-6-4-5-7-17(16)15-27/h1-13,26,29-30H,14-15H2. The molecule has 1 aliphatic rings. The Morgan fingerprint density at radius 2 is 1.58 bits per heavy atom. The van der Waals surface area contributed by atoms with E-state index < -0.39 is 0 Å². The molecule has 0 spiro atoms. The quantitative estimate of drug-likeness (QED) is 0.468. The van der Waals surface area contributed by atoms with Crippen LogP contribution in [0.2, 0.25) is 0 Å². The topological polar surface area (TPSA) is 90.6 Å². The van der Waals surface area contributed by atoms with Gasteiger partial charge in [0, 0.05) is 31.3 Å². The van der Waals surface area contributed by atoms with E-state index in [1.165, 1.54) is 12.1 Å². The Morgan fingerprint density at radius 1 is 0.903 bits per heavy atom. The first-order chi connectivity index (χ1) is 15.1. The lowest BCUT2D eigenvalue weighted by atomic mass is 10.1. The molecule has 0 bridgehead atoms. The third-order valence-electron chi connectivity index (χ3n) is 5.35. The highest BCUT2D eigenvalue weighted by atomic mass is 16.3. The molecule has 3 aromatic carbocycles. The fourth-order valence-electron chi connectivity index (χ4n) is 3.88. The maximum absolute atomic E-state index is 13.4. The van der Waals surface area contributed by atoms with E-state index in [1.54, 1.807) is 21.8 Å². The van der Waals surface area contributed by atoms with Gasteiger partial charge in [0.1, 0.15) is 22.9 Å². The number of benzene rings is 3. The molecule has 0 unspecified atom stereocenters. The normalized spacial score (nSPS) is 12.6. The fraction of sp³-hybridized carbons (Fsp3) is 0.0833. The van der Waals surface area contributed by atoms with Gasteiger partial charge in [-0.25, -0.2) is 4.68 Å². The smallest absolute Gasteiger partial charge is 0.260 e. The van der Waals surface area contributed by atoms with Crippen molar-refractivity contribution in [3.8, 4) is 17.2 Å². The summed E-state index contributed by atoms with van der Waals surface area (Å²) in [5.74, 6) is -0.154. The van der Waals surface area contributed by atoms with Crippen molar-refractivity contribution in [2.45, 2.75) is 13.1 Å². The number of carbonyl (C=O) groups is 1. The monoisotopic (exact) mass is 412 g/mol. The lowest BCUT2D eigenvalue weighted by molar-refractivity contribution is 0.0749. The first kappa shape index (κ1) is 18.7. The summed E-state index contributed by atoms with van der Waals surface area (Å²) in [6, 6.07) is 21.8. The van der Waals surface area contributed by atoms with Crippen molar-refractivity contribution < 1.29 is 15.0 Å². The lowest BCUT2D eigenvalue weighted by Gasteiger charge is -2.20. The molecule has 154 valence electrons. The number of anilines is 2. The van der Waals surface area contributed by atoms with Crippen molar-refractivity contribution in [2.24, 2.45) is 0 Å². The minimum atomic E-state index is -0.318. The molecular formula is C24H20N4O3. The van der Waals surface area contributed by atoms with Crippen molar-refractivity contribution in [1.29, 1.82) is 0 Å². The highest BCUT2D eigenvalue weighted by molar-refractivity contribution is 6.03. The van der Waals surface area contributed by atoms with Crippen LogP contribution in [0, 0.1) is 0 Å². The van der Waals surface area contributed by atoms with E-state index in [9.17, 15) is 15.0 Å². The summed E-state index contributed by atoms with van der Waals surface area (Å²) >= 11 is 0. The van der Waals surface area contributed by atoms with Crippen LogP contribution in [0.25, 0.3) is 5.69 Å². The Balaban J connectivity index is 1.50. The second-order valence-electron chi connectivity index (χ2n) is 7.41. The zero-order chi connectivity index (χ0) is 21.4. The second kappa shape index (κ2) is 7.53. The SMILES string of the molecule is O=C(c1c(O)cc(O)cc1Nc1ccnn1-c1ccccc1)N1Cc2ccccc2C1. The number of fused-ring (bicyclic) bond motifs is 1. The molecule has 1 amide bonds. The van der Waals surface area contributed by atoms with Gasteiger partial charge in [-0.3, -0.25) is 4.79 Å². The molecule has 0 saturated heterocycles. The maximum atomic E-state index is 13.4. The van der Waals surface area contributed by atoms with Gasteiger partial charge in [0.15, 0.2) is 0 Å². The number of hydrogen-bond acceptors (Lipinski definition) is 5. The van der Waals surface area contributed by atoms with E-state index in [0.717, 1.165) is 16.8 Å². The summed E-state index contributed by atoms with van der Waals surface area (Å²) in [6.07, 6.45) is 1.64. The number of carbonyl (C=O) groups excluding carboxylic acids is 1. The molecule has 4 aromatic rings. The average Bonchev–Trinajstić information content (AvgIpc) is 3.40. The van der Waals surface area contributed by atoms with E-state index in [0.29, 0.717) is 24.6 Å². The summed E-state index contributed by atoms with van der Waals surface area (Å²) in [6.45, 7) is 0.938. The maximum Gasteiger partial charge on any atom is 0.260 e. The molecule has 0 atom stereocenters. The highest BCUT2D eigenvalue weighted by Gasteiger charge is 2.28. The zero-order valence-electron chi connectivity index (χ0n) is 16.6. The van der Waals surface area contributed by atoms with Crippen LogP contribution in [0.4, 0.5) is 11.5 Å². The summed E-state index contributed by atoms with van der Waals surface area (Å²) in [7, 11) is 0. The molecule has 5 rings (SSSR count).